The Balaban J connectivity index is 1.11. The van der Waals surface area contributed by atoms with Crippen LogP contribution in [0.15, 0.2) is 79.1 Å². The SMILES string of the molecule is CNC(=O)C(CCC=O)N(C)C(=O)c1c(C=O)cccc1NC(=O)CCCCCN1CCC[C@H](Nc2ncnc(N)c2C(=N)c2ccc(Oc3ccccc3)cc2)C1. The molecule has 0 saturated carbocycles. The first-order valence-corrected chi connectivity index (χ1v) is 19.5. The molecule has 1 aliphatic heterocycles. The van der Waals surface area contributed by atoms with E-state index in [1.807, 2.05) is 54.6 Å². The Hall–Kier alpha value is -6.48. The fourth-order valence-corrected chi connectivity index (χ4v) is 7.02. The van der Waals surface area contributed by atoms with Crippen LogP contribution >= 0.6 is 0 Å². The highest BCUT2D eigenvalue weighted by Gasteiger charge is 2.30. The van der Waals surface area contributed by atoms with Crippen LogP contribution in [0.1, 0.15) is 83.2 Å². The summed E-state index contributed by atoms with van der Waals surface area (Å²) < 4.78 is 5.91. The first-order valence-electron chi connectivity index (χ1n) is 19.5. The van der Waals surface area contributed by atoms with Crippen LogP contribution in [0.2, 0.25) is 0 Å². The summed E-state index contributed by atoms with van der Waals surface area (Å²) in [6.07, 6.45) is 7.20. The van der Waals surface area contributed by atoms with E-state index in [4.69, 9.17) is 15.9 Å². The van der Waals surface area contributed by atoms with Gasteiger partial charge in [-0.05, 0) is 87.7 Å². The van der Waals surface area contributed by atoms with Crippen LogP contribution in [-0.2, 0) is 14.4 Å². The van der Waals surface area contributed by atoms with E-state index in [1.54, 1.807) is 12.1 Å². The third-order valence-corrected chi connectivity index (χ3v) is 10.1. The van der Waals surface area contributed by atoms with Crippen molar-refractivity contribution >= 4 is 53.3 Å². The Morgan fingerprint density at radius 3 is 2.47 bits per heavy atom. The number of likely N-dealkylation sites (N-methyl/N-ethyl adjacent to an activating group) is 2. The van der Waals surface area contributed by atoms with E-state index in [2.05, 4.69) is 30.8 Å². The fraction of sp³-hybridized carbons (Fsp3) is 0.349. The maximum atomic E-state index is 13.6. The fourth-order valence-electron chi connectivity index (χ4n) is 7.02. The molecule has 2 atom stereocenters. The Labute approximate surface area is 338 Å². The molecule has 15 nitrogen and oxygen atoms in total. The van der Waals surface area contributed by atoms with E-state index >= 15 is 0 Å². The molecule has 15 heteroatoms. The van der Waals surface area contributed by atoms with E-state index in [0.29, 0.717) is 41.7 Å². The number of rotatable bonds is 20. The first kappa shape index (κ1) is 42.7. The van der Waals surface area contributed by atoms with Crippen molar-refractivity contribution in [3.8, 4) is 11.5 Å². The number of nitrogens with two attached hydrogens (primary N) is 1. The number of amides is 3. The summed E-state index contributed by atoms with van der Waals surface area (Å²) in [6, 6.07) is 20.5. The molecule has 2 heterocycles. The molecule has 4 aromatic rings. The van der Waals surface area contributed by atoms with Crippen molar-refractivity contribution in [3.63, 3.8) is 0 Å². The number of ether oxygens (including phenoxy) is 1. The van der Waals surface area contributed by atoms with Crippen LogP contribution in [0.3, 0.4) is 0 Å². The molecular weight excluding hydrogens is 739 g/mol. The molecule has 3 amide bonds. The average Bonchev–Trinajstić information content (AvgIpc) is 3.23. The van der Waals surface area contributed by atoms with Gasteiger partial charge in [0, 0.05) is 50.7 Å². The van der Waals surface area contributed by atoms with Gasteiger partial charge in [-0.15, -0.1) is 0 Å². The van der Waals surface area contributed by atoms with E-state index in [-0.39, 0.29) is 59.6 Å². The number of nitrogen functional groups attached to an aromatic ring is 1. The lowest BCUT2D eigenvalue weighted by Crippen LogP contribution is -2.47. The number of hydrogen-bond acceptors (Lipinski definition) is 12. The van der Waals surface area contributed by atoms with Gasteiger partial charge in [0.15, 0.2) is 6.29 Å². The van der Waals surface area contributed by atoms with Gasteiger partial charge in [0.05, 0.1) is 22.5 Å². The standard InChI is InChI=1S/C43H51N9O6/c1-46-42(56)35(17-11-25-53)51(2)43(57)37-30(27-54)12-9-16-34(37)50-36(55)18-7-4-8-23-52-24-10-13-31(26-52)49-41-38(40(45)47-28-48-41)39(44)29-19-21-33(22-20-29)58-32-14-5-3-6-15-32/h3,5-6,9,12,14-16,19-22,25,27-28,31,35,44H,4,7-8,10-11,13,17-18,23-24,26H2,1-2H3,(H,46,56)(H,50,55)(H3,45,47,48,49)/t31-,35?/m0/s1. The molecule has 3 aromatic carbocycles. The van der Waals surface area contributed by atoms with Crippen molar-refractivity contribution in [2.45, 2.75) is 63.5 Å². The highest BCUT2D eigenvalue weighted by atomic mass is 16.5. The van der Waals surface area contributed by atoms with Crippen molar-refractivity contribution in [3.05, 3.63) is 101 Å². The minimum atomic E-state index is -0.939. The van der Waals surface area contributed by atoms with Crippen LogP contribution < -0.4 is 26.4 Å². The number of aromatic nitrogens is 2. The summed E-state index contributed by atoms with van der Waals surface area (Å²) in [4.78, 5) is 74.4. The van der Waals surface area contributed by atoms with Crippen molar-refractivity contribution in [1.29, 1.82) is 5.41 Å². The van der Waals surface area contributed by atoms with Gasteiger partial charge in [0.25, 0.3) is 5.91 Å². The summed E-state index contributed by atoms with van der Waals surface area (Å²) in [5.74, 6) is 0.741. The summed E-state index contributed by atoms with van der Waals surface area (Å²) >= 11 is 0. The molecule has 6 N–H and O–H groups in total. The van der Waals surface area contributed by atoms with E-state index in [1.165, 1.54) is 31.4 Å². The smallest absolute Gasteiger partial charge is 0.257 e. The Bertz CT molecular complexity index is 2060. The number of likely N-dealkylation sites (tertiary alicyclic amines) is 1. The predicted molar refractivity (Wildman–Crippen MR) is 223 cm³/mol. The molecule has 1 aliphatic rings. The number of piperidine rings is 1. The molecule has 58 heavy (non-hydrogen) atoms. The molecule has 1 unspecified atom stereocenters. The molecule has 5 rings (SSSR count). The zero-order valence-electron chi connectivity index (χ0n) is 32.9. The molecule has 0 bridgehead atoms. The average molecular weight is 790 g/mol. The first-order chi connectivity index (χ1) is 28.1. The number of para-hydroxylation sites is 1. The van der Waals surface area contributed by atoms with E-state index in [9.17, 15) is 24.0 Å². The molecule has 1 aromatic heterocycles. The minimum absolute atomic E-state index is 0.0153. The third kappa shape index (κ3) is 11.3. The highest BCUT2D eigenvalue weighted by Crippen LogP contribution is 2.27. The maximum absolute atomic E-state index is 13.6. The Morgan fingerprint density at radius 2 is 1.74 bits per heavy atom. The van der Waals surface area contributed by atoms with Gasteiger partial charge < -0.3 is 41.0 Å². The van der Waals surface area contributed by atoms with E-state index in [0.717, 1.165) is 51.1 Å². The second-order valence-corrected chi connectivity index (χ2v) is 14.1. The summed E-state index contributed by atoms with van der Waals surface area (Å²) in [5, 5.41) is 17.8. The number of hydrogen-bond donors (Lipinski definition) is 5. The van der Waals surface area contributed by atoms with Crippen molar-refractivity contribution in [2.75, 3.05) is 50.1 Å². The van der Waals surface area contributed by atoms with Gasteiger partial charge in [-0.25, -0.2) is 9.97 Å². The van der Waals surface area contributed by atoms with Gasteiger partial charge >= 0.3 is 0 Å². The predicted octanol–water partition coefficient (Wildman–Crippen LogP) is 5.32. The van der Waals surface area contributed by atoms with Crippen LogP contribution in [0.4, 0.5) is 17.3 Å². The van der Waals surface area contributed by atoms with Gasteiger partial charge in [-0.3, -0.25) is 24.6 Å². The van der Waals surface area contributed by atoms with E-state index < -0.39 is 17.9 Å². The number of anilines is 3. The zero-order chi connectivity index (χ0) is 41.4. The molecular formula is C43H51N9O6. The lowest BCUT2D eigenvalue weighted by molar-refractivity contribution is -0.125. The molecule has 304 valence electrons. The van der Waals surface area contributed by atoms with Crippen molar-refractivity contribution < 1.29 is 28.7 Å². The largest absolute Gasteiger partial charge is 0.457 e. The molecule has 1 saturated heterocycles. The van der Waals surface area contributed by atoms with Gasteiger partial charge in [-0.2, -0.15) is 0 Å². The third-order valence-electron chi connectivity index (χ3n) is 10.1. The Morgan fingerprint density at radius 1 is 0.983 bits per heavy atom. The highest BCUT2D eigenvalue weighted by molar-refractivity contribution is 6.16. The molecule has 1 fully saturated rings. The van der Waals surface area contributed by atoms with Gasteiger partial charge in [0.2, 0.25) is 11.8 Å². The number of unbranched alkanes of at least 4 members (excludes halogenated alkanes) is 2. The van der Waals surface area contributed by atoms with Gasteiger partial charge in [-0.1, -0.05) is 36.8 Å². The Kier molecular flexibility index (Phi) is 15.6. The van der Waals surface area contributed by atoms with Crippen LogP contribution in [-0.4, -0.2) is 102 Å². The van der Waals surface area contributed by atoms with Crippen LogP contribution in [0.5, 0.6) is 11.5 Å². The summed E-state index contributed by atoms with van der Waals surface area (Å²) in [6.45, 7) is 2.56. The lowest BCUT2D eigenvalue weighted by Gasteiger charge is -2.33. The number of nitrogens with one attached hydrogen (secondary N) is 4. The van der Waals surface area contributed by atoms with Gasteiger partial charge in [0.1, 0.15) is 41.8 Å². The van der Waals surface area contributed by atoms with Crippen LogP contribution in [0.25, 0.3) is 0 Å². The van der Waals surface area contributed by atoms with Crippen molar-refractivity contribution in [1.82, 2.24) is 25.1 Å². The second kappa shape index (κ2) is 21.2. The number of carbonyl (C=O) groups excluding carboxylic acids is 5. The number of benzene rings is 3. The monoisotopic (exact) mass is 789 g/mol. The number of carbonyl (C=O) groups is 5. The quantitative estimate of drug-likeness (QED) is 0.0439. The topological polar surface area (TPSA) is 213 Å². The lowest BCUT2D eigenvalue weighted by atomic mass is 10.0. The summed E-state index contributed by atoms with van der Waals surface area (Å²) in [7, 11) is 2.87. The number of nitrogens with zero attached hydrogens (tertiary/aromatic N) is 4. The minimum Gasteiger partial charge on any atom is -0.457 e. The normalized spacial score (nSPS) is 14.4. The number of aldehydes is 2. The molecule has 0 aliphatic carbocycles. The van der Waals surface area contributed by atoms with Crippen LogP contribution in [0, 0.1) is 5.41 Å². The second-order valence-electron chi connectivity index (χ2n) is 14.1. The summed E-state index contributed by atoms with van der Waals surface area (Å²) in [5.41, 5.74) is 7.86. The van der Waals surface area contributed by atoms with Crippen molar-refractivity contribution in [2.24, 2.45) is 0 Å². The molecule has 0 radical (unpaired) electrons. The maximum Gasteiger partial charge on any atom is 0.257 e. The molecule has 0 spiro atoms. The zero-order valence-corrected chi connectivity index (χ0v) is 32.9.